The van der Waals surface area contributed by atoms with Crippen molar-refractivity contribution in [3.8, 4) is 5.75 Å². The van der Waals surface area contributed by atoms with Crippen LogP contribution >= 0.6 is 11.6 Å². The molecule has 1 fully saturated rings. The van der Waals surface area contributed by atoms with Gasteiger partial charge in [0.15, 0.2) is 0 Å². The first-order valence-electron chi connectivity index (χ1n) is 10.2. The molecule has 158 valence electrons. The summed E-state index contributed by atoms with van der Waals surface area (Å²) in [6.07, 6.45) is 4.77. The molecule has 6 nitrogen and oxygen atoms in total. The van der Waals surface area contributed by atoms with Gasteiger partial charge in [0.05, 0.1) is 18.3 Å². The molecule has 1 heterocycles. The van der Waals surface area contributed by atoms with E-state index in [1.54, 1.807) is 12.3 Å². The zero-order valence-corrected chi connectivity index (χ0v) is 18.1. The van der Waals surface area contributed by atoms with Gasteiger partial charge in [-0.2, -0.15) is 5.10 Å². The highest BCUT2D eigenvalue weighted by molar-refractivity contribution is 6.30. The number of aromatic amines is 1. The molecule has 2 aromatic rings. The maximum atomic E-state index is 12.4. The molecule has 1 aliphatic carbocycles. The Labute approximate surface area is 177 Å². The number of nitrogens with one attached hydrogen (secondary N) is 1. The summed E-state index contributed by atoms with van der Waals surface area (Å²) in [5.41, 5.74) is 0.356. The maximum absolute atomic E-state index is 12.4. The smallest absolute Gasteiger partial charge is 0.413 e. The van der Waals surface area contributed by atoms with E-state index in [4.69, 9.17) is 16.3 Å². The lowest BCUT2D eigenvalue weighted by Gasteiger charge is -2.46. The summed E-state index contributed by atoms with van der Waals surface area (Å²) >= 11 is 6.31. The molecule has 1 aromatic carbocycles. The van der Waals surface area contributed by atoms with E-state index in [2.05, 4.69) is 31.0 Å². The molecule has 0 radical (unpaired) electrons. The Hall–Kier alpha value is -2.21. The molecule has 2 unspecified atom stereocenters. The number of hydrogen-bond donors (Lipinski definition) is 2. The van der Waals surface area contributed by atoms with Crippen molar-refractivity contribution in [2.24, 2.45) is 11.8 Å². The van der Waals surface area contributed by atoms with Crippen molar-refractivity contribution in [3.05, 3.63) is 41.0 Å². The Morgan fingerprint density at radius 3 is 2.86 bits per heavy atom. The first-order chi connectivity index (χ1) is 13.8. The molecule has 0 saturated heterocycles. The zero-order chi connectivity index (χ0) is 21.0. The highest BCUT2D eigenvalue weighted by atomic mass is 35.5. The second-order valence-corrected chi connectivity index (χ2v) is 9.06. The molecule has 1 amide bonds. The van der Waals surface area contributed by atoms with Crippen LogP contribution in [0, 0.1) is 11.8 Å². The molecular formula is C22H30ClN3O3. The van der Waals surface area contributed by atoms with Crippen LogP contribution in [0.1, 0.15) is 52.0 Å². The van der Waals surface area contributed by atoms with Gasteiger partial charge in [-0.3, -0.25) is 10.00 Å². The number of amides is 1. The summed E-state index contributed by atoms with van der Waals surface area (Å²) < 4.78 is 6.05. The van der Waals surface area contributed by atoms with Crippen LogP contribution < -0.4 is 9.64 Å². The van der Waals surface area contributed by atoms with E-state index >= 15 is 0 Å². The van der Waals surface area contributed by atoms with Gasteiger partial charge in [-0.15, -0.1) is 0 Å². The number of nitrogens with zero attached hydrogens (tertiary/aromatic N) is 2. The lowest BCUT2D eigenvalue weighted by Crippen LogP contribution is -2.56. The molecule has 1 saturated carbocycles. The number of halogens is 1. The first-order valence-corrected chi connectivity index (χ1v) is 10.6. The molecule has 3 rings (SSSR count). The molecule has 0 spiro atoms. The molecule has 2 N–H and O–H groups in total. The Kier molecular flexibility index (Phi) is 6.73. The van der Waals surface area contributed by atoms with Crippen molar-refractivity contribution < 1.29 is 14.6 Å². The largest absolute Gasteiger partial charge is 0.493 e. The number of aromatic nitrogens is 2. The predicted octanol–water partition coefficient (Wildman–Crippen LogP) is 5.77. The number of rotatable bonds is 7. The molecule has 1 aromatic heterocycles. The third-order valence-electron chi connectivity index (χ3n) is 5.57. The minimum atomic E-state index is -0.977. The fourth-order valence-corrected chi connectivity index (χ4v) is 4.64. The second kappa shape index (κ2) is 9.08. The molecule has 29 heavy (non-hydrogen) atoms. The van der Waals surface area contributed by atoms with E-state index in [1.165, 1.54) is 4.90 Å². The van der Waals surface area contributed by atoms with E-state index in [1.807, 2.05) is 18.2 Å². The second-order valence-electron chi connectivity index (χ2n) is 8.62. The van der Waals surface area contributed by atoms with Gasteiger partial charge in [0.2, 0.25) is 0 Å². The van der Waals surface area contributed by atoms with Crippen LogP contribution in [0.25, 0.3) is 0 Å². The summed E-state index contributed by atoms with van der Waals surface area (Å²) in [5.74, 6) is 2.09. The number of carbonyl (C=O) groups is 1. The summed E-state index contributed by atoms with van der Waals surface area (Å²) in [7, 11) is 0. The van der Waals surface area contributed by atoms with E-state index in [-0.39, 0.29) is 0 Å². The topological polar surface area (TPSA) is 78.4 Å². The Bertz CT molecular complexity index is 825. The number of benzene rings is 1. The van der Waals surface area contributed by atoms with Crippen LogP contribution in [-0.4, -0.2) is 33.5 Å². The van der Waals surface area contributed by atoms with E-state index in [0.29, 0.717) is 35.7 Å². The Balaban J connectivity index is 2.03. The molecular weight excluding hydrogens is 390 g/mol. The maximum Gasteiger partial charge on any atom is 0.413 e. The monoisotopic (exact) mass is 419 g/mol. The average Bonchev–Trinajstić information content (AvgIpc) is 3.14. The fourth-order valence-electron chi connectivity index (χ4n) is 4.45. The Morgan fingerprint density at radius 1 is 1.45 bits per heavy atom. The third kappa shape index (κ3) is 5.04. The standard InChI is InChI=1S/C22H30ClN3O3/c1-15(2)14-29-19-7-6-18(23)11-17(19)13-22(9-4-5-16(3)12-22)26(21(27)28)20-8-10-24-25-20/h6-8,10-11,15-16H,4-5,9,12-14H2,1-3H3,(H,24,25)(H,27,28). The predicted molar refractivity (Wildman–Crippen MR) is 115 cm³/mol. The van der Waals surface area contributed by atoms with Crippen molar-refractivity contribution in [3.63, 3.8) is 0 Å². The van der Waals surface area contributed by atoms with Gasteiger partial charge < -0.3 is 9.84 Å². The van der Waals surface area contributed by atoms with Gasteiger partial charge in [-0.25, -0.2) is 4.79 Å². The van der Waals surface area contributed by atoms with Crippen molar-refractivity contribution in [1.29, 1.82) is 0 Å². The minimum Gasteiger partial charge on any atom is -0.493 e. The number of carboxylic acid groups (broad SMARTS) is 1. The third-order valence-corrected chi connectivity index (χ3v) is 5.81. The molecule has 0 aliphatic heterocycles. The normalized spacial score (nSPS) is 21.9. The minimum absolute atomic E-state index is 0.391. The number of ether oxygens (including phenoxy) is 1. The first kappa shape index (κ1) is 21.5. The van der Waals surface area contributed by atoms with Gasteiger partial charge >= 0.3 is 6.09 Å². The summed E-state index contributed by atoms with van der Waals surface area (Å²) in [6, 6.07) is 7.33. The number of hydrogen-bond acceptors (Lipinski definition) is 3. The van der Waals surface area contributed by atoms with Gasteiger partial charge in [-0.1, -0.05) is 45.2 Å². The van der Waals surface area contributed by atoms with Crippen molar-refractivity contribution in [2.45, 2.75) is 58.4 Å². The number of H-pyrrole nitrogens is 1. The van der Waals surface area contributed by atoms with Gasteiger partial charge in [-0.05, 0) is 54.9 Å². The summed E-state index contributed by atoms with van der Waals surface area (Å²) in [4.78, 5) is 13.9. The van der Waals surface area contributed by atoms with Crippen LogP contribution in [0.4, 0.5) is 10.6 Å². The quantitative estimate of drug-likeness (QED) is 0.596. The SMILES string of the molecule is CC(C)COc1ccc(Cl)cc1CC1(N(C(=O)O)c2ccn[nH]2)CCCC(C)C1. The van der Waals surface area contributed by atoms with Crippen molar-refractivity contribution >= 4 is 23.5 Å². The van der Waals surface area contributed by atoms with Crippen molar-refractivity contribution in [2.75, 3.05) is 11.5 Å². The van der Waals surface area contributed by atoms with E-state index in [9.17, 15) is 9.90 Å². The molecule has 1 aliphatic rings. The highest BCUT2D eigenvalue weighted by Gasteiger charge is 2.45. The van der Waals surface area contributed by atoms with Gasteiger partial charge in [0.1, 0.15) is 11.6 Å². The highest BCUT2D eigenvalue weighted by Crippen LogP contribution is 2.43. The van der Waals surface area contributed by atoms with Crippen LogP contribution in [0.2, 0.25) is 5.02 Å². The summed E-state index contributed by atoms with van der Waals surface area (Å²) in [6.45, 7) is 6.99. The van der Waals surface area contributed by atoms with Crippen LogP contribution in [0.5, 0.6) is 5.75 Å². The van der Waals surface area contributed by atoms with Gasteiger partial charge in [0.25, 0.3) is 0 Å². The van der Waals surface area contributed by atoms with E-state index < -0.39 is 11.6 Å². The fraction of sp³-hybridized carbons (Fsp3) is 0.545. The van der Waals surface area contributed by atoms with E-state index in [0.717, 1.165) is 37.0 Å². The van der Waals surface area contributed by atoms with Gasteiger partial charge in [0, 0.05) is 11.1 Å². The molecule has 2 atom stereocenters. The lowest BCUT2D eigenvalue weighted by atomic mass is 9.72. The summed E-state index contributed by atoms with van der Waals surface area (Å²) in [5, 5.41) is 17.6. The molecule has 0 bridgehead atoms. The molecule has 7 heteroatoms. The average molecular weight is 420 g/mol. The van der Waals surface area contributed by atoms with Crippen molar-refractivity contribution in [1.82, 2.24) is 10.2 Å². The lowest BCUT2D eigenvalue weighted by molar-refractivity contribution is 0.169. The van der Waals surface area contributed by atoms with Crippen LogP contribution in [-0.2, 0) is 6.42 Å². The Morgan fingerprint density at radius 2 is 2.24 bits per heavy atom. The van der Waals surface area contributed by atoms with Crippen LogP contribution in [0.15, 0.2) is 30.5 Å². The zero-order valence-electron chi connectivity index (χ0n) is 17.3. The number of anilines is 1. The van der Waals surface area contributed by atoms with Crippen LogP contribution in [0.3, 0.4) is 0 Å².